The van der Waals surface area contributed by atoms with Crippen LogP contribution in [0.1, 0.15) is 10.4 Å². The highest BCUT2D eigenvalue weighted by Crippen LogP contribution is 2.22. The molecule has 0 amide bonds. The molecule has 0 saturated heterocycles. The van der Waals surface area contributed by atoms with Gasteiger partial charge in [0.1, 0.15) is 0 Å². The summed E-state index contributed by atoms with van der Waals surface area (Å²) in [6, 6.07) is 0.885. The summed E-state index contributed by atoms with van der Waals surface area (Å²) in [5.41, 5.74) is -0.382. The molecule has 0 fully saturated rings. The number of carbonyl (C=O) groups is 1. The van der Waals surface area contributed by atoms with Crippen molar-refractivity contribution in [2.24, 2.45) is 0 Å². The molecular weight excluding hydrogens is 175 g/mol. The number of carboxylic acids is 1. The van der Waals surface area contributed by atoms with E-state index in [-0.39, 0.29) is 10.1 Å². The van der Waals surface area contributed by atoms with Gasteiger partial charge in [0, 0.05) is 12.4 Å². The predicted molar refractivity (Wildman–Crippen MR) is 32.7 cm³/mol. The lowest BCUT2D eigenvalue weighted by Gasteiger charge is -2.05. The van der Waals surface area contributed by atoms with E-state index in [9.17, 15) is 18.0 Å². The Balaban J connectivity index is 3.00. The molecule has 1 aromatic rings. The molecule has 0 atom stereocenters. The first-order chi connectivity index (χ1) is 5.41. The number of hydrogen-bond acceptors (Lipinski definition) is 1. The zero-order valence-corrected chi connectivity index (χ0v) is 5.67. The maximum absolute atomic E-state index is 11.8. The van der Waals surface area contributed by atoms with Crippen molar-refractivity contribution in [1.82, 2.24) is 4.57 Å². The van der Waals surface area contributed by atoms with E-state index in [1.54, 1.807) is 0 Å². The highest BCUT2D eigenvalue weighted by Gasteiger charge is 2.30. The van der Waals surface area contributed by atoms with Crippen molar-refractivity contribution in [1.29, 1.82) is 0 Å². The Morgan fingerprint density at radius 3 is 2.33 bits per heavy atom. The summed E-state index contributed by atoms with van der Waals surface area (Å²) in [6.07, 6.45) is -3.38. The Kier molecular flexibility index (Phi) is 1.83. The third-order valence-electron chi connectivity index (χ3n) is 1.23. The molecule has 6 heteroatoms. The molecule has 0 aromatic carbocycles. The Hall–Kier alpha value is -1.46. The van der Waals surface area contributed by atoms with Gasteiger partial charge in [-0.3, -0.25) is 4.57 Å². The van der Waals surface area contributed by atoms with Gasteiger partial charge in [0.25, 0.3) is 0 Å². The Morgan fingerprint density at radius 1 is 1.50 bits per heavy atom. The molecule has 66 valence electrons. The van der Waals surface area contributed by atoms with Crippen LogP contribution < -0.4 is 0 Å². The molecule has 0 bridgehead atoms. The second-order valence-corrected chi connectivity index (χ2v) is 2.08. The molecule has 0 aliphatic carbocycles. The number of rotatable bonds is 1. The van der Waals surface area contributed by atoms with Gasteiger partial charge in [0.2, 0.25) is 0 Å². The summed E-state index contributed by atoms with van der Waals surface area (Å²) >= 11 is 0. The van der Waals surface area contributed by atoms with Crippen LogP contribution in [0, 0.1) is 0 Å². The number of alkyl halides is 3. The Morgan fingerprint density at radius 2 is 2.08 bits per heavy atom. The first-order valence-corrected chi connectivity index (χ1v) is 2.90. The van der Waals surface area contributed by atoms with Crippen molar-refractivity contribution >= 4 is 5.97 Å². The number of hydrogen-bond donors (Lipinski definition) is 1. The molecule has 0 saturated carbocycles. The van der Waals surface area contributed by atoms with Crippen LogP contribution in [0.2, 0.25) is 0 Å². The molecule has 12 heavy (non-hydrogen) atoms. The van der Waals surface area contributed by atoms with Crippen molar-refractivity contribution in [3.05, 3.63) is 24.0 Å². The quantitative estimate of drug-likeness (QED) is 0.712. The summed E-state index contributed by atoms with van der Waals surface area (Å²) in [4.78, 5) is 10.2. The maximum Gasteiger partial charge on any atom is 0.488 e. The summed E-state index contributed by atoms with van der Waals surface area (Å²) in [5, 5.41) is 8.28. The minimum atomic E-state index is -4.55. The van der Waals surface area contributed by atoms with Crippen molar-refractivity contribution in [2.75, 3.05) is 0 Å². The second kappa shape index (κ2) is 2.54. The summed E-state index contributed by atoms with van der Waals surface area (Å²) < 4.78 is 35.4. The average Bonchev–Trinajstić information content (AvgIpc) is 2.30. The Labute approximate surface area is 65.0 Å². The van der Waals surface area contributed by atoms with E-state index in [1.807, 2.05) is 0 Å². The first kappa shape index (κ1) is 8.63. The number of nitrogens with zero attached hydrogens (tertiary/aromatic N) is 1. The lowest BCUT2D eigenvalue weighted by atomic mass is 10.4. The molecule has 0 radical (unpaired) electrons. The number of halogens is 3. The van der Waals surface area contributed by atoms with Crippen molar-refractivity contribution in [3.63, 3.8) is 0 Å². The van der Waals surface area contributed by atoms with Crippen LogP contribution in [0.5, 0.6) is 0 Å². The van der Waals surface area contributed by atoms with Gasteiger partial charge in [0.15, 0.2) is 0 Å². The molecule has 1 heterocycles. The van der Waals surface area contributed by atoms with E-state index in [0.29, 0.717) is 12.4 Å². The molecule has 0 spiro atoms. The van der Waals surface area contributed by atoms with Gasteiger partial charge < -0.3 is 5.11 Å². The summed E-state index contributed by atoms with van der Waals surface area (Å²) in [7, 11) is 0. The highest BCUT2D eigenvalue weighted by molar-refractivity contribution is 5.87. The normalized spacial score (nSPS) is 11.6. The highest BCUT2D eigenvalue weighted by atomic mass is 19.4. The smallest absolute Gasteiger partial charge is 0.478 e. The minimum Gasteiger partial charge on any atom is -0.478 e. The van der Waals surface area contributed by atoms with Crippen molar-refractivity contribution in [3.8, 4) is 0 Å². The van der Waals surface area contributed by atoms with E-state index in [4.69, 9.17) is 5.11 Å². The van der Waals surface area contributed by atoms with E-state index in [2.05, 4.69) is 0 Å². The van der Waals surface area contributed by atoms with Gasteiger partial charge in [-0.15, -0.1) is 13.2 Å². The SMILES string of the molecule is O=C(O)c1ccn(C(F)(F)F)c1. The van der Waals surface area contributed by atoms with Gasteiger partial charge in [-0.05, 0) is 6.07 Å². The number of carboxylic acid groups (broad SMARTS) is 1. The third-order valence-corrected chi connectivity index (χ3v) is 1.23. The monoisotopic (exact) mass is 179 g/mol. The van der Waals surface area contributed by atoms with Gasteiger partial charge in [-0.25, -0.2) is 4.79 Å². The first-order valence-electron chi connectivity index (χ1n) is 2.90. The van der Waals surface area contributed by atoms with Crippen LogP contribution in [-0.4, -0.2) is 15.6 Å². The largest absolute Gasteiger partial charge is 0.488 e. The van der Waals surface area contributed by atoms with Crippen LogP contribution >= 0.6 is 0 Å². The fraction of sp³-hybridized carbons (Fsp3) is 0.167. The standard InChI is InChI=1S/C6H4F3NO2/c7-6(8,9)10-2-1-4(3-10)5(11)12/h1-3H,(H,11,12). The predicted octanol–water partition coefficient (Wildman–Crippen LogP) is 1.66. The van der Waals surface area contributed by atoms with Gasteiger partial charge in [-0.1, -0.05) is 0 Å². The maximum atomic E-state index is 11.8. The van der Waals surface area contributed by atoms with Crippen molar-refractivity contribution < 1.29 is 23.1 Å². The zero-order valence-electron chi connectivity index (χ0n) is 5.67. The van der Waals surface area contributed by atoms with E-state index >= 15 is 0 Å². The van der Waals surface area contributed by atoms with E-state index in [0.717, 1.165) is 6.07 Å². The van der Waals surface area contributed by atoms with Gasteiger partial charge >= 0.3 is 12.3 Å². The molecule has 0 aliphatic heterocycles. The molecule has 1 aromatic heterocycles. The van der Waals surface area contributed by atoms with Gasteiger partial charge in [-0.2, -0.15) is 0 Å². The second-order valence-electron chi connectivity index (χ2n) is 2.08. The molecule has 3 nitrogen and oxygen atoms in total. The lowest BCUT2D eigenvalue weighted by Crippen LogP contribution is -2.14. The molecule has 1 N–H and O–H groups in total. The fourth-order valence-electron chi connectivity index (χ4n) is 0.681. The van der Waals surface area contributed by atoms with Crippen LogP contribution in [0.4, 0.5) is 13.2 Å². The zero-order chi connectivity index (χ0) is 9.35. The molecule has 0 aliphatic rings. The van der Waals surface area contributed by atoms with Gasteiger partial charge in [0.05, 0.1) is 5.56 Å². The molecule has 0 unspecified atom stereocenters. The third kappa shape index (κ3) is 1.58. The Bertz CT molecular complexity index is 302. The van der Waals surface area contributed by atoms with Crippen LogP contribution in [0.15, 0.2) is 18.5 Å². The fourth-order valence-corrected chi connectivity index (χ4v) is 0.681. The molecular formula is C6H4F3NO2. The van der Waals surface area contributed by atoms with Crippen LogP contribution in [0.25, 0.3) is 0 Å². The number of aromatic carboxylic acids is 1. The lowest BCUT2D eigenvalue weighted by molar-refractivity contribution is -0.203. The summed E-state index contributed by atoms with van der Waals surface area (Å²) in [6.45, 7) is 0. The average molecular weight is 179 g/mol. The summed E-state index contributed by atoms with van der Waals surface area (Å²) in [5.74, 6) is -1.38. The number of aromatic nitrogens is 1. The van der Waals surface area contributed by atoms with Crippen LogP contribution in [-0.2, 0) is 6.30 Å². The molecule has 1 rings (SSSR count). The minimum absolute atomic E-state index is 0.115. The van der Waals surface area contributed by atoms with E-state index < -0.39 is 12.3 Å². The van der Waals surface area contributed by atoms with Crippen LogP contribution in [0.3, 0.4) is 0 Å². The topological polar surface area (TPSA) is 42.2 Å². The van der Waals surface area contributed by atoms with E-state index in [1.165, 1.54) is 0 Å². The van der Waals surface area contributed by atoms with Crippen molar-refractivity contribution in [2.45, 2.75) is 6.30 Å².